The Bertz CT molecular complexity index is 1100. The van der Waals surface area contributed by atoms with E-state index in [1.54, 1.807) is 0 Å². The van der Waals surface area contributed by atoms with Gasteiger partial charge >= 0.3 is 0 Å². The number of nitrogens with zero attached hydrogens (tertiary/aromatic N) is 4. The van der Waals surface area contributed by atoms with E-state index in [0.717, 1.165) is 32.2 Å². The summed E-state index contributed by atoms with van der Waals surface area (Å²) >= 11 is 0. The normalized spacial score (nSPS) is 27.0. The summed E-state index contributed by atoms with van der Waals surface area (Å²) in [6.07, 6.45) is 6.15. The SMILES string of the molecule is CN(C)[C@H]1CCCNC(=O)CC2(CCN(C(=O)c3ccccc3)CC2)NC(=O)[C@@H]2CCCN2C2CCN(CC2)C1=O. The number of piperidine rings is 2. The summed E-state index contributed by atoms with van der Waals surface area (Å²) in [5, 5.41) is 6.42. The van der Waals surface area contributed by atoms with Crippen LogP contribution in [0.3, 0.4) is 0 Å². The largest absolute Gasteiger partial charge is 0.356 e. The second kappa shape index (κ2) is 12.9. The molecule has 4 amide bonds. The molecule has 5 fully saturated rings. The topological polar surface area (TPSA) is 105 Å². The van der Waals surface area contributed by atoms with E-state index in [0.29, 0.717) is 64.0 Å². The number of carbonyl (C=O) groups excluding carboxylic acids is 4. The van der Waals surface area contributed by atoms with E-state index in [1.165, 1.54) is 0 Å². The predicted octanol–water partition coefficient (Wildman–Crippen LogP) is 1.46. The Morgan fingerprint density at radius 1 is 0.902 bits per heavy atom. The fourth-order valence-electron chi connectivity index (χ4n) is 7.22. The van der Waals surface area contributed by atoms with Crippen LogP contribution < -0.4 is 10.6 Å². The van der Waals surface area contributed by atoms with Gasteiger partial charge in [-0.3, -0.25) is 29.0 Å². The van der Waals surface area contributed by atoms with Crippen molar-refractivity contribution in [2.75, 3.05) is 53.4 Å². The van der Waals surface area contributed by atoms with Gasteiger partial charge < -0.3 is 20.4 Å². The molecule has 2 N–H and O–H groups in total. The monoisotopic (exact) mass is 566 g/mol. The molecule has 0 aromatic heterocycles. The van der Waals surface area contributed by atoms with E-state index in [-0.39, 0.29) is 48.2 Å². The van der Waals surface area contributed by atoms with E-state index in [2.05, 4.69) is 15.5 Å². The summed E-state index contributed by atoms with van der Waals surface area (Å²) in [5.41, 5.74) is -0.0381. The van der Waals surface area contributed by atoms with Crippen LogP contribution in [0.2, 0.25) is 0 Å². The lowest BCUT2D eigenvalue weighted by atomic mass is 9.83. The Morgan fingerprint density at radius 3 is 2.29 bits per heavy atom. The summed E-state index contributed by atoms with van der Waals surface area (Å²) in [7, 11) is 3.89. The predicted molar refractivity (Wildman–Crippen MR) is 156 cm³/mol. The smallest absolute Gasteiger partial charge is 0.253 e. The Morgan fingerprint density at radius 2 is 1.61 bits per heavy atom. The average molecular weight is 567 g/mol. The molecule has 1 spiro atoms. The quantitative estimate of drug-likeness (QED) is 0.562. The first-order valence-corrected chi connectivity index (χ1v) is 15.4. The molecule has 10 heteroatoms. The minimum Gasteiger partial charge on any atom is -0.356 e. The number of hydrogen-bond acceptors (Lipinski definition) is 6. The van der Waals surface area contributed by atoms with Crippen molar-refractivity contribution in [1.29, 1.82) is 0 Å². The molecule has 0 aliphatic carbocycles. The maximum atomic E-state index is 13.9. The van der Waals surface area contributed by atoms with Crippen LogP contribution in [0.4, 0.5) is 0 Å². The van der Waals surface area contributed by atoms with Gasteiger partial charge in [-0.05, 0) is 84.1 Å². The minimum absolute atomic E-state index is 0.00590. The van der Waals surface area contributed by atoms with Crippen molar-refractivity contribution < 1.29 is 19.2 Å². The first kappa shape index (κ1) is 29.5. The highest BCUT2D eigenvalue weighted by molar-refractivity contribution is 5.94. The summed E-state index contributed by atoms with van der Waals surface area (Å²) in [5.74, 6) is 0.0419. The lowest BCUT2D eigenvalue weighted by Crippen LogP contribution is -2.61. The molecular formula is C31H46N6O4. The summed E-state index contributed by atoms with van der Waals surface area (Å²) in [6.45, 7) is 3.76. The molecule has 41 heavy (non-hydrogen) atoms. The molecule has 0 radical (unpaired) electrons. The second-order valence-corrected chi connectivity index (χ2v) is 12.5. The van der Waals surface area contributed by atoms with Gasteiger partial charge in [-0.2, -0.15) is 0 Å². The van der Waals surface area contributed by atoms with Gasteiger partial charge in [-0.1, -0.05) is 18.2 Å². The molecule has 2 bridgehead atoms. The number of carbonyl (C=O) groups is 4. The Hall–Kier alpha value is -2.98. The number of nitrogens with one attached hydrogen (secondary N) is 2. The van der Waals surface area contributed by atoms with Crippen LogP contribution in [0.25, 0.3) is 0 Å². The number of rotatable bonds is 2. The van der Waals surface area contributed by atoms with E-state index < -0.39 is 5.54 Å². The van der Waals surface area contributed by atoms with Crippen LogP contribution >= 0.6 is 0 Å². The van der Waals surface area contributed by atoms with Crippen LogP contribution in [0.5, 0.6) is 0 Å². The van der Waals surface area contributed by atoms with E-state index in [9.17, 15) is 19.2 Å². The average Bonchev–Trinajstić information content (AvgIpc) is 3.47. The van der Waals surface area contributed by atoms with Gasteiger partial charge in [-0.15, -0.1) is 0 Å². The van der Waals surface area contributed by atoms with Gasteiger partial charge in [0.05, 0.1) is 17.6 Å². The van der Waals surface area contributed by atoms with Crippen LogP contribution in [0, 0.1) is 0 Å². The molecule has 5 aliphatic heterocycles. The molecule has 10 nitrogen and oxygen atoms in total. The van der Waals surface area contributed by atoms with Gasteiger partial charge in [0.25, 0.3) is 5.91 Å². The lowest BCUT2D eigenvalue weighted by Gasteiger charge is -2.44. The number of amides is 4. The van der Waals surface area contributed by atoms with Crippen molar-refractivity contribution in [2.45, 2.75) is 81.5 Å². The van der Waals surface area contributed by atoms with Crippen LogP contribution in [0.1, 0.15) is 68.1 Å². The number of benzene rings is 1. The first-order chi connectivity index (χ1) is 19.8. The summed E-state index contributed by atoms with van der Waals surface area (Å²) < 4.78 is 0. The zero-order chi connectivity index (χ0) is 29.0. The Kier molecular flexibility index (Phi) is 9.28. The van der Waals surface area contributed by atoms with E-state index >= 15 is 0 Å². The van der Waals surface area contributed by atoms with Gasteiger partial charge in [0.2, 0.25) is 17.7 Å². The van der Waals surface area contributed by atoms with Crippen molar-refractivity contribution in [3.8, 4) is 0 Å². The number of likely N-dealkylation sites (tertiary alicyclic amines) is 1. The fraction of sp³-hybridized carbons (Fsp3) is 0.677. The standard InChI is InChI=1S/C31H46N6O4/c1-34(2)26-10-6-16-32-27(38)22-31(14-20-36(21-15-31)29(40)23-8-4-3-5-9-23)33-28(39)25-11-7-17-37(25)24-12-18-35(19-13-24)30(26)41/h3-5,8-9,24-26H,6-7,10-22H2,1-2H3,(H,32,38)(H,33,39)/t25-,26-/m0/s1. The van der Waals surface area contributed by atoms with Gasteiger partial charge in [-0.25, -0.2) is 0 Å². The van der Waals surface area contributed by atoms with Crippen LogP contribution in [0.15, 0.2) is 30.3 Å². The van der Waals surface area contributed by atoms with Gasteiger partial charge in [0.1, 0.15) is 0 Å². The highest BCUT2D eigenvalue weighted by Gasteiger charge is 2.44. The van der Waals surface area contributed by atoms with Crippen LogP contribution in [-0.4, -0.2) is 120 Å². The first-order valence-electron chi connectivity index (χ1n) is 15.4. The zero-order valence-electron chi connectivity index (χ0n) is 24.6. The van der Waals surface area contributed by atoms with E-state index in [1.807, 2.05) is 59.1 Å². The molecule has 0 saturated carbocycles. The zero-order valence-corrected chi connectivity index (χ0v) is 24.6. The third-order valence-corrected chi connectivity index (χ3v) is 9.64. The Balaban J connectivity index is 1.34. The molecule has 1 aromatic carbocycles. The molecular weight excluding hydrogens is 520 g/mol. The molecule has 5 heterocycles. The number of likely N-dealkylation sites (N-methyl/N-ethyl adjacent to an activating group) is 1. The van der Waals surface area contributed by atoms with Crippen molar-refractivity contribution >= 4 is 23.6 Å². The fourth-order valence-corrected chi connectivity index (χ4v) is 7.22. The third-order valence-electron chi connectivity index (χ3n) is 9.64. The van der Waals surface area contributed by atoms with Crippen molar-refractivity contribution in [3.05, 3.63) is 35.9 Å². The van der Waals surface area contributed by atoms with Crippen molar-refractivity contribution in [1.82, 2.24) is 30.2 Å². The summed E-state index contributed by atoms with van der Waals surface area (Å²) in [4.78, 5) is 61.8. The molecule has 5 aliphatic rings. The van der Waals surface area contributed by atoms with Crippen LogP contribution in [-0.2, 0) is 14.4 Å². The number of fused-ring (bicyclic) bond motifs is 10. The molecule has 0 unspecified atom stereocenters. The molecule has 224 valence electrons. The van der Waals surface area contributed by atoms with Crippen molar-refractivity contribution in [2.24, 2.45) is 0 Å². The maximum Gasteiger partial charge on any atom is 0.253 e. The van der Waals surface area contributed by atoms with Gasteiger partial charge in [0, 0.05) is 50.7 Å². The third kappa shape index (κ3) is 6.75. The van der Waals surface area contributed by atoms with Gasteiger partial charge in [0.15, 0.2) is 0 Å². The van der Waals surface area contributed by atoms with E-state index in [4.69, 9.17) is 0 Å². The molecule has 1 aromatic rings. The molecule has 6 rings (SSSR count). The second-order valence-electron chi connectivity index (χ2n) is 12.5. The maximum absolute atomic E-state index is 13.9. The highest BCUT2D eigenvalue weighted by atomic mass is 16.2. The molecule has 5 saturated heterocycles. The van der Waals surface area contributed by atoms with Crippen molar-refractivity contribution in [3.63, 3.8) is 0 Å². The number of hydrogen-bond donors (Lipinski definition) is 2. The molecule has 2 atom stereocenters. The minimum atomic E-state index is -0.692. The lowest BCUT2D eigenvalue weighted by molar-refractivity contribution is -0.139. The Labute approximate surface area is 243 Å². The highest BCUT2D eigenvalue weighted by Crippen LogP contribution is 2.31. The summed E-state index contributed by atoms with van der Waals surface area (Å²) in [6, 6.07) is 9.10.